The van der Waals surface area contributed by atoms with Crippen LogP contribution in [0.2, 0.25) is 0 Å². The van der Waals surface area contributed by atoms with E-state index >= 15 is 0 Å². The van der Waals surface area contributed by atoms with Crippen molar-refractivity contribution in [3.63, 3.8) is 0 Å². The molecular weight excluding hydrogens is 426 g/mol. The Hall–Kier alpha value is -4.51. The molecule has 0 saturated heterocycles. The van der Waals surface area contributed by atoms with Crippen LogP contribution in [-0.2, 0) is 13.2 Å². The summed E-state index contributed by atoms with van der Waals surface area (Å²) in [4.78, 5) is 12.2. The van der Waals surface area contributed by atoms with Crippen LogP contribution >= 0.6 is 0 Å². The zero-order valence-corrected chi connectivity index (χ0v) is 18.4. The van der Waals surface area contributed by atoms with Gasteiger partial charge in [-0.05, 0) is 41.0 Å². The fraction of sp³-hybridized carbons (Fsp3) is 0.0690. The smallest absolute Gasteiger partial charge is 0.338 e. The molecule has 0 unspecified atom stereocenters. The topological polar surface area (TPSA) is 60.2 Å². The Balaban J connectivity index is 1.53. The van der Waals surface area contributed by atoms with Crippen molar-refractivity contribution in [1.82, 2.24) is 4.40 Å². The number of rotatable bonds is 8. The number of pyridine rings is 1. The summed E-state index contributed by atoms with van der Waals surface area (Å²) in [6, 6.07) is 30.9. The normalized spacial score (nSPS) is 10.8. The predicted molar refractivity (Wildman–Crippen MR) is 131 cm³/mol. The number of carbonyl (C=O) groups is 1. The highest BCUT2D eigenvalue weighted by molar-refractivity contribution is 6.03. The van der Waals surface area contributed by atoms with Gasteiger partial charge in [0.2, 0.25) is 0 Å². The van der Waals surface area contributed by atoms with Gasteiger partial charge >= 0.3 is 5.97 Å². The van der Waals surface area contributed by atoms with E-state index in [2.05, 4.69) is 0 Å². The standard InChI is InChI=1S/C29H23NO4/c31-29(32)28-26(18-30-14-8-7-13-27(28)30)23-15-24(33-19-21-9-3-1-4-10-21)17-25(16-23)34-20-22-11-5-2-6-12-22/h1-18H,19-20H2,(H,31,32). The summed E-state index contributed by atoms with van der Waals surface area (Å²) in [5, 5.41) is 9.98. The molecule has 0 aliphatic heterocycles. The van der Waals surface area contributed by atoms with E-state index in [-0.39, 0.29) is 5.56 Å². The minimum atomic E-state index is -0.980. The number of nitrogens with zero attached hydrogens (tertiary/aromatic N) is 1. The van der Waals surface area contributed by atoms with E-state index in [0.717, 1.165) is 16.7 Å². The summed E-state index contributed by atoms with van der Waals surface area (Å²) in [5.74, 6) is 0.234. The molecule has 5 aromatic rings. The summed E-state index contributed by atoms with van der Waals surface area (Å²) >= 11 is 0. The Kier molecular flexibility index (Phi) is 5.99. The molecule has 0 fully saturated rings. The second-order valence-corrected chi connectivity index (χ2v) is 7.96. The Morgan fingerprint density at radius 3 is 1.85 bits per heavy atom. The van der Waals surface area contributed by atoms with E-state index in [1.807, 2.05) is 108 Å². The molecule has 0 atom stereocenters. The fourth-order valence-corrected chi connectivity index (χ4v) is 3.94. The molecule has 2 aromatic heterocycles. The Bertz CT molecular complexity index is 1360. The van der Waals surface area contributed by atoms with Crippen molar-refractivity contribution in [3.8, 4) is 22.6 Å². The van der Waals surface area contributed by atoms with Gasteiger partial charge in [0, 0.05) is 24.0 Å². The average Bonchev–Trinajstić information content (AvgIpc) is 3.28. The van der Waals surface area contributed by atoms with Crippen LogP contribution in [0.3, 0.4) is 0 Å². The maximum absolute atomic E-state index is 12.2. The highest BCUT2D eigenvalue weighted by atomic mass is 16.5. The Morgan fingerprint density at radius 2 is 1.29 bits per heavy atom. The second kappa shape index (κ2) is 9.55. The van der Waals surface area contributed by atoms with Gasteiger partial charge < -0.3 is 19.0 Å². The van der Waals surface area contributed by atoms with Crippen LogP contribution in [0.25, 0.3) is 16.6 Å². The lowest BCUT2D eigenvalue weighted by Crippen LogP contribution is -2.00. The van der Waals surface area contributed by atoms with Gasteiger partial charge in [-0.15, -0.1) is 0 Å². The first-order chi connectivity index (χ1) is 16.7. The third-order valence-electron chi connectivity index (χ3n) is 5.59. The van der Waals surface area contributed by atoms with Gasteiger partial charge in [-0.3, -0.25) is 0 Å². The fourth-order valence-electron chi connectivity index (χ4n) is 3.94. The molecule has 0 aliphatic rings. The minimum absolute atomic E-state index is 0.245. The lowest BCUT2D eigenvalue weighted by Gasteiger charge is -2.13. The molecule has 0 bridgehead atoms. The first-order valence-electron chi connectivity index (χ1n) is 11.0. The molecule has 2 heterocycles. The molecule has 0 radical (unpaired) electrons. The molecule has 5 nitrogen and oxygen atoms in total. The third-order valence-corrected chi connectivity index (χ3v) is 5.59. The number of aromatic carboxylic acids is 1. The van der Waals surface area contributed by atoms with Gasteiger partial charge in [0.1, 0.15) is 24.7 Å². The average molecular weight is 450 g/mol. The van der Waals surface area contributed by atoms with E-state index in [0.29, 0.717) is 35.8 Å². The number of carboxylic acids is 1. The monoisotopic (exact) mass is 449 g/mol. The van der Waals surface area contributed by atoms with Crippen molar-refractivity contribution in [1.29, 1.82) is 0 Å². The molecule has 0 aliphatic carbocycles. The van der Waals surface area contributed by atoms with E-state index in [9.17, 15) is 9.90 Å². The maximum Gasteiger partial charge on any atom is 0.338 e. The molecule has 0 saturated carbocycles. The summed E-state index contributed by atoms with van der Waals surface area (Å²) < 4.78 is 14.0. The van der Waals surface area contributed by atoms with Gasteiger partial charge in [-0.2, -0.15) is 0 Å². The number of ether oxygens (including phenoxy) is 2. The van der Waals surface area contributed by atoms with Gasteiger partial charge in [0.05, 0.1) is 11.1 Å². The number of fused-ring (bicyclic) bond motifs is 1. The van der Waals surface area contributed by atoms with Crippen molar-refractivity contribution in [3.05, 3.63) is 126 Å². The lowest BCUT2D eigenvalue weighted by atomic mass is 10.0. The lowest BCUT2D eigenvalue weighted by molar-refractivity contribution is 0.0700. The highest BCUT2D eigenvalue weighted by Crippen LogP contribution is 2.35. The molecule has 5 heteroatoms. The van der Waals surface area contributed by atoms with Crippen LogP contribution in [0, 0.1) is 0 Å². The second-order valence-electron chi connectivity index (χ2n) is 7.96. The van der Waals surface area contributed by atoms with Crippen molar-refractivity contribution in [2.24, 2.45) is 0 Å². The summed E-state index contributed by atoms with van der Waals surface area (Å²) in [5.41, 5.74) is 4.28. The van der Waals surface area contributed by atoms with E-state index in [1.165, 1.54) is 0 Å². The van der Waals surface area contributed by atoms with Crippen molar-refractivity contribution in [2.75, 3.05) is 0 Å². The maximum atomic E-state index is 12.2. The van der Waals surface area contributed by atoms with Crippen LogP contribution in [0.15, 0.2) is 109 Å². The number of hydrogen-bond donors (Lipinski definition) is 1. The number of benzene rings is 3. The van der Waals surface area contributed by atoms with E-state index in [1.54, 1.807) is 6.07 Å². The SMILES string of the molecule is O=C(O)c1c(-c2cc(OCc3ccccc3)cc(OCc3ccccc3)c2)cn2ccccc12. The third kappa shape index (κ3) is 4.64. The van der Waals surface area contributed by atoms with Gasteiger partial charge in [-0.25, -0.2) is 4.79 Å². The molecule has 5 rings (SSSR count). The van der Waals surface area contributed by atoms with Crippen molar-refractivity contribution in [2.45, 2.75) is 13.2 Å². The number of aromatic nitrogens is 1. The largest absolute Gasteiger partial charge is 0.489 e. The molecule has 0 spiro atoms. The summed E-state index contributed by atoms with van der Waals surface area (Å²) in [6.45, 7) is 0.790. The van der Waals surface area contributed by atoms with Gasteiger partial charge in [-0.1, -0.05) is 66.7 Å². The zero-order chi connectivity index (χ0) is 23.3. The summed E-state index contributed by atoms with van der Waals surface area (Å²) in [7, 11) is 0. The predicted octanol–water partition coefficient (Wildman–Crippen LogP) is 6.46. The zero-order valence-electron chi connectivity index (χ0n) is 18.4. The number of carboxylic acid groups (broad SMARTS) is 1. The Morgan fingerprint density at radius 1 is 0.735 bits per heavy atom. The van der Waals surface area contributed by atoms with Crippen LogP contribution in [0.1, 0.15) is 21.5 Å². The molecule has 34 heavy (non-hydrogen) atoms. The molecular formula is C29H23NO4. The Labute approximate surface area is 197 Å². The molecule has 3 aromatic carbocycles. The van der Waals surface area contributed by atoms with E-state index < -0.39 is 5.97 Å². The minimum Gasteiger partial charge on any atom is -0.489 e. The first-order valence-corrected chi connectivity index (χ1v) is 11.0. The first kappa shape index (κ1) is 21.3. The molecule has 168 valence electrons. The number of hydrogen-bond acceptors (Lipinski definition) is 3. The molecule has 0 amide bonds. The molecule has 1 N–H and O–H groups in total. The van der Waals surface area contributed by atoms with Crippen molar-refractivity contribution < 1.29 is 19.4 Å². The van der Waals surface area contributed by atoms with Crippen LogP contribution < -0.4 is 9.47 Å². The van der Waals surface area contributed by atoms with E-state index in [4.69, 9.17) is 9.47 Å². The highest BCUT2D eigenvalue weighted by Gasteiger charge is 2.19. The summed E-state index contributed by atoms with van der Waals surface area (Å²) in [6.07, 6.45) is 3.67. The van der Waals surface area contributed by atoms with Crippen LogP contribution in [0.5, 0.6) is 11.5 Å². The van der Waals surface area contributed by atoms with Gasteiger partial charge in [0.25, 0.3) is 0 Å². The van der Waals surface area contributed by atoms with Gasteiger partial charge in [0.15, 0.2) is 0 Å². The van der Waals surface area contributed by atoms with Crippen LogP contribution in [0.4, 0.5) is 0 Å². The van der Waals surface area contributed by atoms with Crippen LogP contribution in [-0.4, -0.2) is 15.5 Å². The van der Waals surface area contributed by atoms with Crippen molar-refractivity contribution >= 4 is 11.5 Å². The quantitative estimate of drug-likeness (QED) is 0.295.